The number of thioether (sulfide) groups is 1. The molecule has 23 heavy (non-hydrogen) atoms. The number of amides is 1. The van der Waals surface area contributed by atoms with Crippen molar-refractivity contribution in [3.63, 3.8) is 0 Å². The number of anilines is 2. The van der Waals surface area contributed by atoms with Crippen molar-refractivity contribution in [2.45, 2.75) is 44.0 Å². The van der Waals surface area contributed by atoms with Crippen molar-refractivity contribution >= 4 is 39.8 Å². The largest absolute Gasteiger partial charge is 0.353 e. The predicted octanol–water partition coefficient (Wildman–Crippen LogP) is 3.99. The number of carbonyl (C=O) groups is 1. The van der Waals surface area contributed by atoms with Crippen molar-refractivity contribution < 1.29 is 4.79 Å². The number of aromatic nitrogens is 2. The second-order valence-electron chi connectivity index (χ2n) is 5.41. The summed E-state index contributed by atoms with van der Waals surface area (Å²) in [5.74, 6) is 0.409. The van der Waals surface area contributed by atoms with Crippen LogP contribution in [0, 0.1) is 6.92 Å². The Morgan fingerprint density at radius 2 is 2.22 bits per heavy atom. The van der Waals surface area contributed by atoms with Crippen molar-refractivity contribution in [3.8, 4) is 0 Å². The lowest BCUT2D eigenvalue weighted by atomic mass is 10.2. The maximum Gasteiger partial charge on any atom is 0.230 e. The number of rotatable bonds is 8. The molecule has 7 heteroatoms. The minimum Gasteiger partial charge on any atom is -0.353 e. The van der Waals surface area contributed by atoms with Gasteiger partial charge < -0.3 is 10.6 Å². The van der Waals surface area contributed by atoms with Gasteiger partial charge in [-0.25, -0.2) is 0 Å². The van der Waals surface area contributed by atoms with E-state index in [2.05, 4.69) is 33.8 Å². The summed E-state index contributed by atoms with van der Waals surface area (Å²) in [6.45, 7) is 6.19. The summed E-state index contributed by atoms with van der Waals surface area (Å²) < 4.78 is 0.790. The Labute approximate surface area is 145 Å². The highest BCUT2D eigenvalue weighted by molar-refractivity contribution is 8.01. The Balaban J connectivity index is 1.82. The molecule has 0 saturated heterocycles. The summed E-state index contributed by atoms with van der Waals surface area (Å²) in [6, 6.07) is 8.31. The third-order valence-electron chi connectivity index (χ3n) is 3.13. The van der Waals surface area contributed by atoms with E-state index in [4.69, 9.17) is 0 Å². The van der Waals surface area contributed by atoms with Gasteiger partial charge in [-0.15, -0.1) is 10.2 Å². The zero-order valence-electron chi connectivity index (χ0n) is 13.6. The van der Waals surface area contributed by atoms with Crippen LogP contribution in [-0.2, 0) is 4.79 Å². The first-order chi connectivity index (χ1) is 11.1. The molecule has 5 nitrogen and oxygen atoms in total. The van der Waals surface area contributed by atoms with E-state index in [-0.39, 0.29) is 11.9 Å². The molecule has 2 N–H and O–H groups in total. The molecule has 1 aromatic heterocycles. The van der Waals surface area contributed by atoms with Gasteiger partial charge in [0, 0.05) is 11.7 Å². The van der Waals surface area contributed by atoms with Crippen molar-refractivity contribution in [2.75, 3.05) is 11.1 Å². The fourth-order valence-corrected chi connectivity index (χ4v) is 3.70. The Bertz CT molecular complexity index is 645. The van der Waals surface area contributed by atoms with Crippen LogP contribution in [0.1, 0.15) is 32.3 Å². The SMILES string of the molecule is CCC[C@H](C)NC(=O)CSc1nnc(Nc2cccc(C)c2)s1. The van der Waals surface area contributed by atoms with Crippen LogP contribution < -0.4 is 10.6 Å². The van der Waals surface area contributed by atoms with Gasteiger partial charge in [0.1, 0.15) is 0 Å². The van der Waals surface area contributed by atoms with E-state index in [9.17, 15) is 4.79 Å². The van der Waals surface area contributed by atoms with E-state index in [1.54, 1.807) is 0 Å². The lowest BCUT2D eigenvalue weighted by Crippen LogP contribution is -2.33. The summed E-state index contributed by atoms with van der Waals surface area (Å²) in [4.78, 5) is 11.8. The molecule has 1 amide bonds. The van der Waals surface area contributed by atoms with Crippen LogP contribution in [0.25, 0.3) is 0 Å². The number of nitrogens with zero attached hydrogens (tertiary/aromatic N) is 2. The second-order valence-corrected chi connectivity index (χ2v) is 7.61. The summed E-state index contributed by atoms with van der Waals surface area (Å²) in [5.41, 5.74) is 2.18. The molecule has 0 bridgehead atoms. The topological polar surface area (TPSA) is 66.9 Å². The maximum atomic E-state index is 11.8. The van der Waals surface area contributed by atoms with Crippen LogP contribution in [0.15, 0.2) is 28.6 Å². The van der Waals surface area contributed by atoms with Gasteiger partial charge in [-0.1, -0.05) is 48.6 Å². The quantitative estimate of drug-likeness (QED) is 0.705. The average molecular weight is 351 g/mol. The highest BCUT2D eigenvalue weighted by Crippen LogP contribution is 2.27. The van der Waals surface area contributed by atoms with Crippen LogP contribution in [0.5, 0.6) is 0 Å². The highest BCUT2D eigenvalue weighted by Gasteiger charge is 2.10. The Kier molecular flexibility index (Phi) is 6.85. The molecule has 0 fully saturated rings. The Morgan fingerprint density at radius 3 is 2.96 bits per heavy atom. The zero-order valence-corrected chi connectivity index (χ0v) is 15.3. The van der Waals surface area contributed by atoms with E-state index in [0.717, 1.165) is 28.0 Å². The molecule has 1 aromatic carbocycles. The van der Waals surface area contributed by atoms with Crippen molar-refractivity contribution in [2.24, 2.45) is 0 Å². The van der Waals surface area contributed by atoms with Crippen molar-refractivity contribution in [1.29, 1.82) is 0 Å². The molecule has 1 heterocycles. The van der Waals surface area contributed by atoms with Crippen molar-refractivity contribution in [1.82, 2.24) is 15.5 Å². The molecule has 2 aromatic rings. The van der Waals surface area contributed by atoms with Crippen molar-refractivity contribution in [3.05, 3.63) is 29.8 Å². The highest BCUT2D eigenvalue weighted by atomic mass is 32.2. The number of benzene rings is 1. The lowest BCUT2D eigenvalue weighted by molar-refractivity contribution is -0.119. The number of hydrogen-bond acceptors (Lipinski definition) is 6. The first kappa shape index (κ1) is 17.7. The second kappa shape index (κ2) is 8.88. The average Bonchev–Trinajstić information content (AvgIpc) is 2.93. The first-order valence-corrected chi connectivity index (χ1v) is 9.46. The standard InChI is InChI=1S/C16H22N4OS2/c1-4-6-12(3)17-14(21)10-22-16-20-19-15(23-16)18-13-8-5-7-11(2)9-13/h5,7-9,12H,4,6,10H2,1-3H3,(H,17,21)(H,18,19)/t12-/m0/s1. The molecular formula is C16H22N4OS2. The molecule has 0 saturated carbocycles. The number of hydrogen-bond donors (Lipinski definition) is 2. The smallest absolute Gasteiger partial charge is 0.230 e. The summed E-state index contributed by atoms with van der Waals surface area (Å²) in [5, 5.41) is 15.2. The predicted molar refractivity (Wildman–Crippen MR) is 97.6 cm³/mol. The molecule has 0 aliphatic rings. The normalized spacial score (nSPS) is 12.0. The summed E-state index contributed by atoms with van der Waals surface area (Å²) in [7, 11) is 0. The van der Waals surface area contributed by atoms with Crippen LogP contribution in [0.4, 0.5) is 10.8 Å². The van der Waals surface area contributed by atoms with Crippen LogP contribution in [-0.4, -0.2) is 27.9 Å². The monoisotopic (exact) mass is 350 g/mol. The maximum absolute atomic E-state index is 11.8. The summed E-state index contributed by atoms with van der Waals surface area (Å²) in [6.07, 6.45) is 2.07. The van der Waals surface area contributed by atoms with Gasteiger partial charge >= 0.3 is 0 Å². The van der Waals surface area contributed by atoms with Crippen LogP contribution in [0.2, 0.25) is 0 Å². The molecule has 0 spiro atoms. The first-order valence-electron chi connectivity index (χ1n) is 7.66. The number of carbonyl (C=O) groups excluding carboxylic acids is 1. The third kappa shape index (κ3) is 6.19. The van der Waals surface area contributed by atoms with Crippen LogP contribution >= 0.6 is 23.1 Å². The Hall–Kier alpha value is -1.60. The van der Waals surface area contributed by atoms with Gasteiger partial charge in [0.2, 0.25) is 11.0 Å². The lowest BCUT2D eigenvalue weighted by Gasteiger charge is -2.11. The van der Waals surface area contributed by atoms with E-state index in [1.807, 2.05) is 32.0 Å². The fourth-order valence-electron chi connectivity index (χ4n) is 2.11. The molecule has 0 radical (unpaired) electrons. The van der Waals surface area contributed by atoms with Gasteiger partial charge in [0.25, 0.3) is 0 Å². The zero-order chi connectivity index (χ0) is 16.7. The summed E-state index contributed by atoms with van der Waals surface area (Å²) >= 11 is 2.87. The van der Waals surface area contributed by atoms with Gasteiger partial charge in [-0.3, -0.25) is 4.79 Å². The molecule has 0 unspecified atom stereocenters. The fraction of sp³-hybridized carbons (Fsp3) is 0.438. The van der Waals surface area contributed by atoms with E-state index in [0.29, 0.717) is 5.75 Å². The Morgan fingerprint density at radius 1 is 1.39 bits per heavy atom. The molecule has 2 rings (SSSR count). The van der Waals surface area contributed by atoms with Gasteiger partial charge in [-0.2, -0.15) is 0 Å². The van der Waals surface area contributed by atoms with E-state index < -0.39 is 0 Å². The van der Waals surface area contributed by atoms with E-state index in [1.165, 1.54) is 28.7 Å². The van der Waals surface area contributed by atoms with Gasteiger partial charge in [-0.05, 0) is 38.0 Å². The molecule has 0 aliphatic carbocycles. The number of nitrogens with one attached hydrogen (secondary N) is 2. The van der Waals surface area contributed by atoms with Crippen LogP contribution in [0.3, 0.4) is 0 Å². The molecule has 124 valence electrons. The van der Waals surface area contributed by atoms with Gasteiger partial charge in [0.05, 0.1) is 5.75 Å². The minimum atomic E-state index is 0.0411. The molecular weight excluding hydrogens is 328 g/mol. The van der Waals surface area contributed by atoms with E-state index >= 15 is 0 Å². The number of aryl methyl sites for hydroxylation is 1. The minimum absolute atomic E-state index is 0.0411. The van der Waals surface area contributed by atoms with Gasteiger partial charge in [0.15, 0.2) is 4.34 Å². The molecule has 1 atom stereocenters. The third-order valence-corrected chi connectivity index (χ3v) is 5.10. The molecule has 0 aliphatic heterocycles.